The monoisotopic (exact) mass is 528 g/mol. The van der Waals surface area contributed by atoms with Crippen LogP contribution in [0.1, 0.15) is 11.3 Å². The van der Waals surface area contributed by atoms with Crippen molar-refractivity contribution >= 4 is 29.9 Å². The molecule has 2 N–H and O–H groups in total. The molecule has 7 nitrogen and oxygen atoms in total. The number of halogens is 1. The summed E-state index contributed by atoms with van der Waals surface area (Å²) in [6.07, 6.45) is 4.60. The van der Waals surface area contributed by atoms with Gasteiger partial charge in [-0.2, -0.15) is 5.10 Å². The third-order valence-corrected chi connectivity index (χ3v) is 4.69. The number of rotatable bonds is 7. The zero-order valence-corrected chi connectivity index (χ0v) is 19.6. The van der Waals surface area contributed by atoms with Gasteiger partial charge in [-0.05, 0) is 30.2 Å². The molecule has 0 aliphatic carbocycles. The molecule has 0 bridgehead atoms. The van der Waals surface area contributed by atoms with Gasteiger partial charge in [0.05, 0.1) is 12.2 Å². The van der Waals surface area contributed by atoms with Crippen LogP contribution in [0.25, 0.3) is 17.0 Å². The lowest BCUT2D eigenvalue weighted by Crippen LogP contribution is -2.37. The van der Waals surface area contributed by atoms with Gasteiger partial charge < -0.3 is 15.2 Å². The zero-order valence-electron chi connectivity index (χ0n) is 17.2. The first-order chi connectivity index (χ1) is 14.8. The highest BCUT2D eigenvalue weighted by atomic mass is 127. The standard InChI is InChI=1S/C23H24N6O.HI/c1-24-23(26-17-20-16-22(30-28-20)19-6-3-2-4-7-19)25-14-12-18-8-10-21(11-9-18)29-15-5-13-27-29;/h2-11,13,15-16H,12,14,17H2,1H3,(H2,24,25,26);1H. The number of benzene rings is 2. The van der Waals surface area contributed by atoms with Crippen molar-refractivity contribution in [2.24, 2.45) is 4.99 Å². The van der Waals surface area contributed by atoms with Crippen molar-refractivity contribution in [1.82, 2.24) is 25.6 Å². The Kier molecular flexibility index (Phi) is 8.22. The van der Waals surface area contributed by atoms with Crippen molar-refractivity contribution in [1.29, 1.82) is 0 Å². The minimum Gasteiger partial charge on any atom is -0.356 e. The first-order valence-corrected chi connectivity index (χ1v) is 9.86. The third-order valence-electron chi connectivity index (χ3n) is 4.69. The molecular weight excluding hydrogens is 503 g/mol. The maximum absolute atomic E-state index is 5.44. The van der Waals surface area contributed by atoms with E-state index in [0.29, 0.717) is 6.54 Å². The second-order valence-electron chi connectivity index (χ2n) is 6.77. The molecule has 8 heteroatoms. The third kappa shape index (κ3) is 6.17. The fraction of sp³-hybridized carbons (Fsp3) is 0.174. The number of hydrogen-bond acceptors (Lipinski definition) is 4. The lowest BCUT2D eigenvalue weighted by Gasteiger charge is -2.11. The Balaban J connectivity index is 0.00000272. The molecule has 4 aromatic rings. The summed E-state index contributed by atoms with van der Waals surface area (Å²) in [5.41, 5.74) is 4.14. The van der Waals surface area contributed by atoms with E-state index in [4.69, 9.17) is 4.52 Å². The molecule has 0 atom stereocenters. The van der Waals surface area contributed by atoms with Crippen LogP contribution in [0.4, 0.5) is 0 Å². The summed E-state index contributed by atoms with van der Waals surface area (Å²) in [6.45, 7) is 1.31. The van der Waals surface area contributed by atoms with E-state index in [2.05, 4.69) is 50.1 Å². The van der Waals surface area contributed by atoms with Gasteiger partial charge in [0.25, 0.3) is 0 Å². The lowest BCUT2D eigenvalue weighted by molar-refractivity contribution is 0.422. The summed E-state index contributed by atoms with van der Waals surface area (Å²) >= 11 is 0. The van der Waals surface area contributed by atoms with Gasteiger partial charge >= 0.3 is 0 Å². The van der Waals surface area contributed by atoms with Gasteiger partial charge in [-0.15, -0.1) is 24.0 Å². The number of aliphatic imine (C=N–C) groups is 1. The molecular formula is C23H25IN6O. The Morgan fingerprint density at radius 1 is 1.03 bits per heavy atom. The normalized spacial score (nSPS) is 11.1. The van der Waals surface area contributed by atoms with E-state index in [-0.39, 0.29) is 24.0 Å². The summed E-state index contributed by atoms with van der Waals surface area (Å²) in [7, 11) is 1.76. The van der Waals surface area contributed by atoms with E-state index in [1.165, 1.54) is 5.56 Å². The minimum atomic E-state index is 0. The molecule has 0 aliphatic rings. The topological polar surface area (TPSA) is 80.3 Å². The van der Waals surface area contributed by atoms with E-state index < -0.39 is 0 Å². The molecule has 160 valence electrons. The van der Waals surface area contributed by atoms with E-state index >= 15 is 0 Å². The van der Waals surface area contributed by atoms with Crippen LogP contribution in [0, 0.1) is 0 Å². The largest absolute Gasteiger partial charge is 0.356 e. The Labute approximate surface area is 198 Å². The Bertz CT molecular complexity index is 1070. The molecule has 0 saturated carbocycles. The first-order valence-electron chi connectivity index (χ1n) is 9.86. The maximum Gasteiger partial charge on any atom is 0.191 e. The number of aromatic nitrogens is 3. The smallest absolute Gasteiger partial charge is 0.191 e. The second-order valence-corrected chi connectivity index (χ2v) is 6.77. The molecule has 0 spiro atoms. The molecule has 4 rings (SSSR count). The van der Waals surface area contributed by atoms with Crippen molar-refractivity contribution in [3.63, 3.8) is 0 Å². The van der Waals surface area contributed by atoms with E-state index in [1.54, 1.807) is 13.2 Å². The average Bonchev–Trinajstić information content (AvgIpc) is 3.50. The predicted molar refractivity (Wildman–Crippen MR) is 133 cm³/mol. The van der Waals surface area contributed by atoms with Crippen molar-refractivity contribution in [3.8, 4) is 17.0 Å². The molecule has 31 heavy (non-hydrogen) atoms. The van der Waals surface area contributed by atoms with Gasteiger partial charge in [-0.1, -0.05) is 47.6 Å². The van der Waals surface area contributed by atoms with Crippen LogP contribution >= 0.6 is 24.0 Å². The van der Waals surface area contributed by atoms with Crippen molar-refractivity contribution < 1.29 is 4.52 Å². The van der Waals surface area contributed by atoms with Gasteiger partial charge in [0.15, 0.2) is 11.7 Å². The van der Waals surface area contributed by atoms with Gasteiger partial charge in [-0.3, -0.25) is 4.99 Å². The van der Waals surface area contributed by atoms with E-state index in [0.717, 1.165) is 41.6 Å². The van der Waals surface area contributed by atoms with Crippen molar-refractivity contribution in [2.45, 2.75) is 13.0 Å². The minimum absolute atomic E-state index is 0. The zero-order chi connectivity index (χ0) is 20.6. The highest BCUT2D eigenvalue weighted by molar-refractivity contribution is 14.0. The van der Waals surface area contributed by atoms with Crippen LogP contribution in [0.15, 0.2) is 88.6 Å². The molecule has 0 saturated heterocycles. The van der Waals surface area contributed by atoms with Crippen LogP contribution in [-0.2, 0) is 13.0 Å². The second kappa shape index (κ2) is 11.3. The summed E-state index contributed by atoms with van der Waals surface area (Å²) in [5.74, 6) is 1.49. The molecule has 2 heterocycles. The Morgan fingerprint density at radius 2 is 1.84 bits per heavy atom. The molecule has 0 amide bonds. The highest BCUT2D eigenvalue weighted by Gasteiger charge is 2.07. The average molecular weight is 528 g/mol. The summed E-state index contributed by atoms with van der Waals surface area (Å²) < 4.78 is 7.28. The Hall–Kier alpha value is -3.14. The van der Waals surface area contributed by atoms with Crippen LogP contribution < -0.4 is 10.6 Å². The molecule has 0 unspecified atom stereocenters. The maximum atomic E-state index is 5.44. The van der Waals surface area contributed by atoms with Gasteiger partial charge in [-0.25, -0.2) is 4.68 Å². The Morgan fingerprint density at radius 3 is 2.55 bits per heavy atom. The molecule has 0 aliphatic heterocycles. The molecule has 0 radical (unpaired) electrons. The highest BCUT2D eigenvalue weighted by Crippen LogP contribution is 2.19. The number of hydrogen-bond donors (Lipinski definition) is 2. The predicted octanol–water partition coefficient (Wildman–Crippen LogP) is 4.05. The van der Waals surface area contributed by atoms with E-state index in [1.807, 2.05) is 53.3 Å². The summed E-state index contributed by atoms with van der Waals surface area (Å²) in [6, 6.07) is 22.2. The number of nitrogens with zero attached hydrogens (tertiary/aromatic N) is 4. The molecule has 0 fully saturated rings. The fourth-order valence-corrected chi connectivity index (χ4v) is 3.09. The summed E-state index contributed by atoms with van der Waals surface area (Å²) in [5, 5.41) is 15.0. The van der Waals surface area contributed by atoms with Crippen LogP contribution in [0.3, 0.4) is 0 Å². The molecule has 2 aromatic heterocycles. The summed E-state index contributed by atoms with van der Waals surface area (Å²) in [4.78, 5) is 4.27. The van der Waals surface area contributed by atoms with Crippen LogP contribution in [-0.4, -0.2) is 34.5 Å². The number of guanidine groups is 1. The first kappa shape index (κ1) is 22.5. The van der Waals surface area contributed by atoms with Crippen molar-refractivity contribution in [2.75, 3.05) is 13.6 Å². The molecule has 2 aromatic carbocycles. The lowest BCUT2D eigenvalue weighted by atomic mass is 10.1. The van der Waals surface area contributed by atoms with Gasteiger partial charge in [0.2, 0.25) is 0 Å². The fourth-order valence-electron chi connectivity index (χ4n) is 3.09. The van der Waals surface area contributed by atoms with Crippen LogP contribution in [0.2, 0.25) is 0 Å². The van der Waals surface area contributed by atoms with Crippen molar-refractivity contribution in [3.05, 3.63) is 90.4 Å². The van der Waals surface area contributed by atoms with Gasteiger partial charge in [0.1, 0.15) is 5.69 Å². The SMILES string of the molecule is CN=C(NCCc1ccc(-n2cccn2)cc1)NCc1cc(-c2ccccc2)on1.I. The number of nitrogens with one attached hydrogen (secondary N) is 2. The van der Waals surface area contributed by atoms with Gasteiger partial charge in [0, 0.05) is 37.6 Å². The van der Waals surface area contributed by atoms with E-state index in [9.17, 15) is 0 Å². The quantitative estimate of drug-likeness (QED) is 0.215. The van der Waals surface area contributed by atoms with Crippen LogP contribution in [0.5, 0.6) is 0 Å².